The van der Waals surface area contributed by atoms with Crippen LogP contribution >= 0.6 is 0 Å². The van der Waals surface area contributed by atoms with Crippen LogP contribution in [0.2, 0.25) is 0 Å². The molecule has 6 nitrogen and oxygen atoms in total. The van der Waals surface area contributed by atoms with Crippen molar-refractivity contribution in [1.82, 2.24) is 10.6 Å². The summed E-state index contributed by atoms with van der Waals surface area (Å²) in [6, 6.07) is 0. The van der Waals surface area contributed by atoms with E-state index >= 15 is 0 Å². The number of nitrogens with one attached hydrogen (secondary N) is 2. The van der Waals surface area contributed by atoms with Crippen LogP contribution in [0.3, 0.4) is 0 Å². The van der Waals surface area contributed by atoms with E-state index in [0.717, 1.165) is 25.9 Å². The van der Waals surface area contributed by atoms with Crippen LogP contribution in [0.25, 0.3) is 0 Å². The molecule has 0 rings (SSSR count). The molecular weight excluding hydrogens is 248 g/mol. The molecule has 0 aromatic carbocycles. The summed E-state index contributed by atoms with van der Waals surface area (Å²) in [5, 5.41) is 5.87. The number of carbonyl (C=O) groups is 2. The van der Waals surface area contributed by atoms with E-state index in [4.69, 9.17) is 4.74 Å². The first-order valence-corrected chi connectivity index (χ1v) is 6.59. The van der Waals surface area contributed by atoms with Gasteiger partial charge in [-0.25, -0.2) is 4.79 Å². The van der Waals surface area contributed by atoms with Gasteiger partial charge in [-0.2, -0.15) is 0 Å². The third kappa shape index (κ3) is 12.9. The lowest BCUT2D eigenvalue weighted by atomic mass is 10.2. The summed E-state index contributed by atoms with van der Waals surface area (Å²) in [6.45, 7) is 7.61. The van der Waals surface area contributed by atoms with E-state index < -0.39 is 11.7 Å². The van der Waals surface area contributed by atoms with Gasteiger partial charge in [0.1, 0.15) is 5.60 Å². The lowest BCUT2D eigenvalue weighted by molar-refractivity contribution is -0.140. The molecule has 0 saturated carbocycles. The topological polar surface area (TPSA) is 76.7 Å². The Morgan fingerprint density at radius 3 is 2.26 bits per heavy atom. The third-order valence-electron chi connectivity index (χ3n) is 2.16. The molecule has 0 heterocycles. The van der Waals surface area contributed by atoms with E-state index in [0.29, 0.717) is 13.0 Å². The molecule has 0 unspecified atom stereocenters. The maximum absolute atomic E-state index is 11.3. The van der Waals surface area contributed by atoms with Crippen LogP contribution in [0.15, 0.2) is 0 Å². The van der Waals surface area contributed by atoms with Gasteiger partial charge in [-0.05, 0) is 46.7 Å². The maximum atomic E-state index is 11.3. The van der Waals surface area contributed by atoms with Crippen molar-refractivity contribution in [3.05, 3.63) is 0 Å². The number of ether oxygens (including phenoxy) is 2. The first-order valence-electron chi connectivity index (χ1n) is 6.59. The van der Waals surface area contributed by atoms with Crippen LogP contribution in [0.4, 0.5) is 4.79 Å². The van der Waals surface area contributed by atoms with Gasteiger partial charge >= 0.3 is 12.1 Å². The van der Waals surface area contributed by atoms with Crippen LogP contribution in [-0.4, -0.2) is 44.4 Å². The largest absolute Gasteiger partial charge is 0.469 e. The number of carbonyl (C=O) groups excluding carboxylic acids is 2. The number of rotatable bonds is 8. The molecule has 0 aliphatic carbocycles. The Morgan fingerprint density at radius 2 is 1.68 bits per heavy atom. The van der Waals surface area contributed by atoms with Gasteiger partial charge in [0.15, 0.2) is 0 Å². The van der Waals surface area contributed by atoms with E-state index in [1.165, 1.54) is 7.11 Å². The van der Waals surface area contributed by atoms with E-state index in [1.807, 2.05) is 20.8 Å². The molecule has 0 fully saturated rings. The average molecular weight is 274 g/mol. The molecule has 6 heteroatoms. The summed E-state index contributed by atoms with van der Waals surface area (Å²) in [6.07, 6.45) is 1.61. The second-order valence-electron chi connectivity index (χ2n) is 5.21. The predicted octanol–water partition coefficient (Wildman–Crippen LogP) is 1.44. The van der Waals surface area contributed by atoms with Gasteiger partial charge in [0, 0.05) is 13.0 Å². The van der Waals surface area contributed by atoms with Crippen LogP contribution in [0, 0.1) is 0 Å². The summed E-state index contributed by atoms with van der Waals surface area (Å²) in [5.74, 6) is -0.187. The normalized spacial score (nSPS) is 10.9. The maximum Gasteiger partial charge on any atom is 0.407 e. The Kier molecular flexibility index (Phi) is 8.95. The Morgan fingerprint density at radius 1 is 1.05 bits per heavy atom. The van der Waals surface area contributed by atoms with Gasteiger partial charge in [-0.15, -0.1) is 0 Å². The van der Waals surface area contributed by atoms with Crippen molar-refractivity contribution in [3.63, 3.8) is 0 Å². The molecule has 0 spiro atoms. The Labute approximate surface area is 115 Å². The molecule has 0 radical (unpaired) electrons. The first kappa shape index (κ1) is 17.7. The zero-order valence-electron chi connectivity index (χ0n) is 12.4. The molecule has 0 saturated heterocycles. The molecule has 1 amide bonds. The van der Waals surface area contributed by atoms with Gasteiger partial charge in [0.2, 0.25) is 0 Å². The van der Waals surface area contributed by atoms with Gasteiger partial charge < -0.3 is 20.1 Å². The minimum Gasteiger partial charge on any atom is -0.469 e. The second kappa shape index (κ2) is 9.61. The van der Waals surface area contributed by atoms with E-state index in [9.17, 15) is 9.59 Å². The first-order chi connectivity index (χ1) is 8.85. The van der Waals surface area contributed by atoms with Gasteiger partial charge in [-0.1, -0.05) is 0 Å². The summed E-state index contributed by atoms with van der Waals surface area (Å²) < 4.78 is 9.63. The number of esters is 1. The zero-order chi connectivity index (χ0) is 14.7. The van der Waals surface area contributed by atoms with Crippen molar-refractivity contribution >= 4 is 12.1 Å². The minimum absolute atomic E-state index is 0.187. The standard InChI is InChI=1S/C13H26N2O4/c1-13(2,3)19-12(17)15-10-6-9-14-8-5-7-11(16)18-4/h14H,5-10H2,1-4H3,(H,15,17). The highest BCUT2D eigenvalue weighted by Gasteiger charge is 2.15. The molecule has 112 valence electrons. The van der Waals surface area contributed by atoms with E-state index in [2.05, 4.69) is 15.4 Å². The molecule has 0 aliphatic rings. The van der Waals surface area contributed by atoms with Crippen molar-refractivity contribution in [2.75, 3.05) is 26.7 Å². The number of hydrogen-bond donors (Lipinski definition) is 2. The van der Waals surface area contributed by atoms with E-state index in [-0.39, 0.29) is 5.97 Å². The smallest absolute Gasteiger partial charge is 0.407 e. The van der Waals surface area contributed by atoms with Crippen LogP contribution in [0.1, 0.15) is 40.0 Å². The number of amides is 1. The number of alkyl carbamates (subject to hydrolysis) is 1. The minimum atomic E-state index is -0.462. The van der Waals surface area contributed by atoms with Gasteiger partial charge in [-0.3, -0.25) is 4.79 Å². The zero-order valence-corrected chi connectivity index (χ0v) is 12.4. The van der Waals surface area contributed by atoms with Gasteiger partial charge in [0.25, 0.3) is 0 Å². The van der Waals surface area contributed by atoms with Crippen molar-refractivity contribution in [1.29, 1.82) is 0 Å². The van der Waals surface area contributed by atoms with Gasteiger partial charge in [0.05, 0.1) is 7.11 Å². The second-order valence-corrected chi connectivity index (χ2v) is 5.21. The van der Waals surface area contributed by atoms with Crippen molar-refractivity contribution in [2.45, 2.75) is 45.6 Å². The summed E-state index contributed by atoms with van der Waals surface area (Å²) in [5.41, 5.74) is -0.462. The highest BCUT2D eigenvalue weighted by molar-refractivity contribution is 5.69. The summed E-state index contributed by atoms with van der Waals surface area (Å²) in [7, 11) is 1.39. The third-order valence-corrected chi connectivity index (χ3v) is 2.16. The van der Waals surface area contributed by atoms with Crippen molar-refractivity contribution < 1.29 is 19.1 Å². The highest BCUT2D eigenvalue weighted by Crippen LogP contribution is 2.06. The SMILES string of the molecule is COC(=O)CCCNCCCNC(=O)OC(C)(C)C. The Balaban J connectivity index is 3.32. The van der Waals surface area contributed by atoms with Crippen LogP contribution < -0.4 is 10.6 Å². The summed E-state index contributed by atoms with van der Waals surface area (Å²) in [4.78, 5) is 22.1. The molecule has 0 aromatic heterocycles. The monoisotopic (exact) mass is 274 g/mol. The molecule has 0 aliphatic heterocycles. The fourth-order valence-corrected chi connectivity index (χ4v) is 1.30. The van der Waals surface area contributed by atoms with Crippen molar-refractivity contribution in [3.8, 4) is 0 Å². The fourth-order valence-electron chi connectivity index (χ4n) is 1.30. The van der Waals surface area contributed by atoms with Crippen LogP contribution in [0.5, 0.6) is 0 Å². The molecule has 0 atom stereocenters. The highest BCUT2D eigenvalue weighted by atomic mass is 16.6. The predicted molar refractivity (Wildman–Crippen MR) is 73.0 cm³/mol. The molecule has 0 aromatic rings. The number of hydrogen-bond acceptors (Lipinski definition) is 5. The number of methoxy groups -OCH3 is 1. The van der Waals surface area contributed by atoms with E-state index in [1.54, 1.807) is 0 Å². The Bertz CT molecular complexity index is 274. The Hall–Kier alpha value is -1.30. The molecular formula is C13H26N2O4. The molecule has 19 heavy (non-hydrogen) atoms. The van der Waals surface area contributed by atoms with Crippen LogP contribution in [-0.2, 0) is 14.3 Å². The lowest BCUT2D eigenvalue weighted by Crippen LogP contribution is -2.34. The summed E-state index contributed by atoms with van der Waals surface area (Å²) >= 11 is 0. The fraction of sp³-hybridized carbons (Fsp3) is 0.846. The average Bonchev–Trinajstić information content (AvgIpc) is 2.29. The molecule has 2 N–H and O–H groups in total. The molecule has 0 bridgehead atoms. The quantitative estimate of drug-likeness (QED) is 0.517. The lowest BCUT2D eigenvalue weighted by Gasteiger charge is -2.19. The van der Waals surface area contributed by atoms with Crippen molar-refractivity contribution in [2.24, 2.45) is 0 Å².